The van der Waals surface area contributed by atoms with E-state index in [1.807, 2.05) is 37.3 Å². The number of ether oxygens (including phenoxy) is 1. The van der Waals surface area contributed by atoms with Crippen LogP contribution in [-0.2, 0) is 9.59 Å². The quantitative estimate of drug-likeness (QED) is 0.790. The number of carbonyl (C=O) groups excluding carboxylic acids is 2. The average molecular weight is 363 g/mol. The van der Waals surface area contributed by atoms with Gasteiger partial charge in [0.15, 0.2) is 6.61 Å². The van der Waals surface area contributed by atoms with E-state index in [-0.39, 0.29) is 30.4 Å². The first-order chi connectivity index (χ1) is 13.1. The molecule has 0 radical (unpaired) electrons. The lowest BCUT2D eigenvalue weighted by Gasteiger charge is -2.15. The maximum atomic E-state index is 12.1. The summed E-state index contributed by atoms with van der Waals surface area (Å²) in [4.78, 5) is 23.9. The van der Waals surface area contributed by atoms with Crippen molar-refractivity contribution in [2.75, 3.05) is 11.9 Å². The van der Waals surface area contributed by atoms with E-state index in [9.17, 15) is 9.59 Å². The predicted molar refractivity (Wildman–Crippen MR) is 101 cm³/mol. The van der Waals surface area contributed by atoms with Gasteiger partial charge < -0.3 is 15.4 Å². The number of benzene rings is 2. The van der Waals surface area contributed by atoms with Gasteiger partial charge in [0, 0.05) is 11.6 Å². The molecule has 2 amide bonds. The third-order valence-corrected chi connectivity index (χ3v) is 4.37. The minimum atomic E-state index is -0.277. The standard InChI is InChI=1S/C21H21N3O3/c1-14(15-8-10-18(11-9-15)24-21(26)16-6-7-16)23-20(25)13-27-19-5-3-2-4-17(19)12-22/h2-5,8-11,14,16H,6-7,13H2,1H3,(H,23,25)(H,24,26). The molecular weight excluding hydrogens is 342 g/mol. The first-order valence-electron chi connectivity index (χ1n) is 8.89. The predicted octanol–water partition coefficient (Wildman–Crippen LogP) is 3.16. The van der Waals surface area contributed by atoms with Crippen molar-refractivity contribution in [3.8, 4) is 11.8 Å². The van der Waals surface area contributed by atoms with E-state index in [1.165, 1.54) is 0 Å². The molecule has 1 unspecified atom stereocenters. The van der Waals surface area contributed by atoms with Gasteiger partial charge in [0.25, 0.3) is 5.91 Å². The van der Waals surface area contributed by atoms with Crippen LogP contribution in [0.2, 0.25) is 0 Å². The van der Waals surface area contributed by atoms with Crippen LogP contribution in [-0.4, -0.2) is 18.4 Å². The number of para-hydroxylation sites is 1. The zero-order valence-electron chi connectivity index (χ0n) is 15.1. The normalized spacial score (nSPS) is 13.9. The Morgan fingerprint density at radius 3 is 2.56 bits per heavy atom. The molecule has 2 aromatic rings. The third-order valence-electron chi connectivity index (χ3n) is 4.37. The number of hydrogen-bond acceptors (Lipinski definition) is 4. The number of nitrogens with one attached hydrogen (secondary N) is 2. The van der Waals surface area contributed by atoms with Gasteiger partial charge in [0.2, 0.25) is 5.91 Å². The summed E-state index contributed by atoms with van der Waals surface area (Å²) in [5.41, 5.74) is 2.07. The van der Waals surface area contributed by atoms with Gasteiger partial charge in [-0.15, -0.1) is 0 Å². The van der Waals surface area contributed by atoms with Crippen LogP contribution in [0.1, 0.15) is 36.9 Å². The molecule has 2 N–H and O–H groups in total. The molecule has 138 valence electrons. The minimum Gasteiger partial charge on any atom is -0.482 e. The van der Waals surface area contributed by atoms with Gasteiger partial charge in [-0.3, -0.25) is 9.59 Å². The average Bonchev–Trinajstić information content (AvgIpc) is 3.52. The van der Waals surface area contributed by atoms with Crippen LogP contribution in [0, 0.1) is 17.2 Å². The van der Waals surface area contributed by atoms with Crippen LogP contribution in [0.4, 0.5) is 5.69 Å². The number of amides is 2. The highest BCUT2D eigenvalue weighted by Crippen LogP contribution is 2.30. The van der Waals surface area contributed by atoms with E-state index in [1.54, 1.807) is 24.3 Å². The molecule has 6 heteroatoms. The summed E-state index contributed by atoms with van der Waals surface area (Å²) in [6, 6.07) is 16.0. The van der Waals surface area contributed by atoms with Crippen molar-refractivity contribution >= 4 is 17.5 Å². The SMILES string of the molecule is CC(NC(=O)COc1ccccc1C#N)c1ccc(NC(=O)C2CC2)cc1. The van der Waals surface area contributed by atoms with E-state index >= 15 is 0 Å². The maximum Gasteiger partial charge on any atom is 0.258 e. The first-order valence-corrected chi connectivity index (χ1v) is 8.89. The lowest BCUT2D eigenvalue weighted by molar-refractivity contribution is -0.123. The fourth-order valence-corrected chi connectivity index (χ4v) is 2.64. The molecule has 0 heterocycles. The van der Waals surface area contributed by atoms with Gasteiger partial charge >= 0.3 is 0 Å². The molecule has 2 aromatic carbocycles. The zero-order valence-corrected chi connectivity index (χ0v) is 15.1. The molecule has 1 fully saturated rings. The number of rotatable bonds is 7. The Kier molecular flexibility index (Phi) is 5.72. The van der Waals surface area contributed by atoms with Crippen LogP contribution < -0.4 is 15.4 Å². The van der Waals surface area contributed by atoms with Crippen LogP contribution in [0.5, 0.6) is 5.75 Å². The van der Waals surface area contributed by atoms with E-state index in [0.29, 0.717) is 11.3 Å². The highest BCUT2D eigenvalue weighted by Gasteiger charge is 2.29. The maximum absolute atomic E-state index is 12.1. The number of carbonyl (C=O) groups is 2. The van der Waals surface area contributed by atoms with E-state index in [0.717, 1.165) is 24.1 Å². The highest BCUT2D eigenvalue weighted by molar-refractivity contribution is 5.94. The monoisotopic (exact) mass is 363 g/mol. The zero-order chi connectivity index (χ0) is 19.2. The fourth-order valence-electron chi connectivity index (χ4n) is 2.64. The molecular formula is C21H21N3O3. The smallest absolute Gasteiger partial charge is 0.258 e. The summed E-state index contributed by atoms with van der Waals surface area (Å²) in [5.74, 6) is 0.341. The van der Waals surface area contributed by atoms with Crippen molar-refractivity contribution in [3.63, 3.8) is 0 Å². The van der Waals surface area contributed by atoms with Crippen molar-refractivity contribution in [2.24, 2.45) is 5.92 Å². The molecule has 0 saturated heterocycles. The Balaban J connectivity index is 1.50. The molecule has 1 atom stereocenters. The number of anilines is 1. The Morgan fingerprint density at radius 2 is 1.89 bits per heavy atom. The second-order valence-electron chi connectivity index (χ2n) is 6.57. The largest absolute Gasteiger partial charge is 0.482 e. The number of nitrogens with zero attached hydrogens (tertiary/aromatic N) is 1. The van der Waals surface area contributed by atoms with Crippen LogP contribution in [0.25, 0.3) is 0 Å². The Labute approximate surface area is 158 Å². The van der Waals surface area contributed by atoms with E-state index < -0.39 is 0 Å². The Morgan fingerprint density at radius 1 is 1.19 bits per heavy atom. The van der Waals surface area contributed by atoms with Crippen molar-refractivity contribution in [1.82, 2.24) is 5.32 Å². The van der Waals surface area contributed by atoms with Gasteiger partial charge in [0.1, 0.15) is 11.8 Å². The van der Waals surface area contributed by atoms with Crippen molar-refractivity contribution in [2.45, 2.75) is 25.8 Å². The second kappa shape index (κ2) is 8.37. The van der Waals surface area contributed by atoms with Gasteiger partial charge in [-0.1, -0.05) is 24.3 Å². The van der Waals surface area contributed by atoms with Crippen molar-refractivity contribution in [1.29, 1.82) is 5.26 Å². The molecule has 0 aliphatic heterocycles. The summed E-state index contributed by atoms with van der Waals surface area (Å²) in [6.45, 7) is 1.71. The van der Waals surface area contributed by atoms with Crippen LogP contribution >= 0.6 is 0 Å². The summed E-state index contributed by atoms with van der Waals surface area (Å²) in [6.07, 6.45) is 1.93. The lowest BCUT2D eigenvalue weighted by atomic mass is 10.1. The van der Waals surface area contributed by atoms with Crippen molar-refractivity contribution < 1.29 is 14.3 Å². The summed E-state index contributed by atoms with van der Waals surface area (Å²) >= 11 is 0. The van der Waals surface area contributed by atoms with Crippen LogP contribution in [0.15, 0.2) is 48.5 Å². The lowest BCUT2D eigenvalue weighted by Crippen LogP contribution is -2.31. The van der Waals surface area contributed by atoms with E-state index in [2.05, 4.69) is 10.6 Å². The molecule has 0 spiro atoms. The van der Waals surface area contributed by atoms with Gasteiger partial charge in [0.05, 0.1) is 11.6 Å². The third kappa shape index (κ3) is 5.08. The Bertz CT molecular complexity index is 867. The summed E-state index contributed by atoms with van der Waals surface area (Å²) < 4.78 is 5.44. The van der Waals surface area contributed by atoms with Gasteiger partial charge in [-0.25, -0.2) is 0 Å². The molecule has 0 aromatic heterocycles. The van der Waals surface area contributed by atoms with Gasteiger partial charge in [-0.2, -0.15) is 5.26 Å². The molecule has 1 aliphatic carbocycles. The minimum absolute atomic E-state index is 0.0684. The fraction of sp³-hybridized carbons (Fsp3) is 0.286. The Hall–Kier alpha value is -3.33. The highest BCUT2D eigenvalue weighted by atomic mass is 16.5. The van der Waals surface area contributed by atoms with Crippen molar-refractivity contribution in [3.05, 3.63) is 59.7 Å². The molecule has 0 bridgehead atoms. The number of nitriles is 1. The summed E-state index contributed by atoms with van der Waals surface area (Å²) in [7, 11) is 0. The topological polar surface area (TPSA) is 91.2 Å². The molecule has 1 aliphatic rings. The van der Waals surface area contributed by atoms with Crippen LogP contribution in [0.3, 0.4) is 0 Å². The first kappa shape index (κ1) is 18.5. The van der Waals surface area contributed by atoms with E-state index in [4.69, 9.17) is 10.00 Å². The number of hydrogen-bond donors (Lipinski definition) is 2. The molecule has 1 saturated carbocycles. The van der Waals surface area contributed by atoms with Gasteiger partial charge in [-0.05, 0) is 49.6 Å². The molecule has 6 nitrogen and oxygen atoms in total. The molecule has 3 rings (SSSR count). The molecule has 27 heavy (non-hydrogen) atoms. The summed E-state index contributed by atoms with van der Waals surface area (Å²) in [5, 5.41) is 14.8. The second-order valence-corrected chi connectivity index (χ2v) is 6.57.